The summed E-state index contributed by atoms with van der Waals surface area (Å²) >= 11 is -1.88. The van der Waals surface area contributed by atoms with E-state index in [0.29, 0.717) is 0 Å². The van der Waals surface area contributed by atoms with E-state index in [2.05, 4.69) is 119 Å². The third-order valence-electron chi connectivity index (χ3n) is 9.05. The first-order valence-corrected chi connectivity index (χ1v) is 24.0. The molecule has 7 rings (SSSR count). The van der Waals surface area contributed by atoms with Crippen LogP contribution >= 0.6 is 27.8 Å². The summed E-state index contributed by atoms with van der Waals surface area (Å²) in [6.45, 7) is 17.6. The molecule has 1 fully saturated rings. The summed E-state index contributed by atoms with van der Waals surface area (Å²) in [4.78, 5) is 4.81. The summed E-state index contributed by atoms with van der Waals surface area (Å²) in [5.41, 5.74) is 15.7. The maximum absolute atomic E-state index is 6.19. The molecule has 2 aliphatic rings. The monoisotopic (exact) mass is 840 g/mol. The van der Waals surface area contributed by atoms with Gasteiger partial charge in [0, 0.05) is 24.5 Å². The Kier molecular flexibility index (Phi) is 14.4. The Morgan fingerprint density at radius 1 is 0.596 bits per heavy atom. The van der Waals surface area contributed by atoms with Crippen LogP contribution in [0.3, 0.4) is 0 Å². The van der Waals surface area contributed by atoms with Gasteiger partial charge in [-0.05, 0) is 75.9 Å². The van der Waals surface area contributed by atoms with Crippen molar-refractivity contribution >= 4 is 54.1 Å². The first kappa shape index (κ1) is 40.1. The van der Waals surface area contributed by atoms with Crippen LogP contribution in [0.4, 0.5) is 11.4 Å². The Bertz CT molecular complexity index is 1940. The zero-order valence-corrected chi connectivity index (χ0v) is 35.5. The van der Waals surface area contributed by atoms with Crippen LogP contribution in [0, 0.1) is 48.2 Å². The molecule has 274 valence electrons. The summed E-state index contributed by atoms with van der Waals surface area (Å²) in [6, 6.07) is 37.8. The normalized spacial score (nSPS) is 13.6. The second-order valence-electron chi connectivity index (χ2n) is 13.0. The third-order valence-corrected chi connectivity index (χ3v) is 13.7. The van der Waals surface area contributed by atoms with Gasteiger partial charge in [-0.2, -0.15) is 6.67 Å². The Morgan fingerprint density at radius 2 is 1.02 bits per heavy atom. The summed E-state index contributed by atoms with van der Waals surface area (Å²) in [5, 5.41) is 1.14. The van der Waals surface area contributed by atoms with E-state index in [1.807, 2.05) is 54.6 Å². The molecule has 0 unspecified atom stereocenters. The number of nitrogens with zero attached hydrogens (tertiary/aromatic N) is 2. The van der Waals surface area contributed by atoms with Gasteiger partial charge in [0.05, 0.1) is 14.2 Å². The molecule has 5 aromatic carbocycles. The molecule has 5 aromatic rings. The fourth-order valence-electron chi connectivity index (χ4n) is 7.15. The summed E-state index contributed by atoms with van der Waals surface area (Å²) in [7, 11) is 14.5. The van der Waals surface area contributed by atoms with Crippen LogP contribution in [0.5, 0.6) is 0 Å². The fraction of sp³-hybridized carbons (Fsp3) is 0.227. The fourth-order valence-corrected chi connectivity index (χ4v) is 10.7. The van der Waals surface area contributed by atoms with Gasteiger partial charge in [-0.15, -0.1) is 0 Å². The van der Waals surface area contributed by atoms with E-state index in [1.54, 1.807) is 14.2 Å². The van der Waals surface area contributed by atoms with E-state index >= 15 is 0 Å². The molecule has 0 radical (unpaired) electrons. The Hall–Kier alpha value is -3.14. The van der Waals surface area contributed by atoms with E-state index in [9.17, 15) is 0 Å². The van der Waals surface area contributed by atoms with E-state index in [4.69, 9.17) is 28.4 Å². The van der Waals surface area contributed by atoms with Gasteiger partial charge in [-0.25, -0.2) is 9.05 Å². The zero-order valence-electron chi connectivity index (χ0n) is 31.3. The van der Waals surface area contributed by atoms with Crippen molar-refractivity contribution in [3.8, 4) is 0 Å². The van der Waals surface area contributed by atoms with Crippen molar-refractivity contribution in [3.05, 3.63) is 172 Å². The molecule has 0 spiro atoms. The first-order valence-electron chi connectivity index (χ1n) is 17.3. The van der Waals surface area contributed by atoms with E-state index in [1.165, 1.54) is 67.0 Å². The number of hydrogen-bond donors (Lipinski definition) is 0. The molecule has 1 saturated heterocycles. The van der Waals surface area contributed by atoms with Crippen LogP contribution in [0.1, 0.15) is 50.1 Å². The second kappa shape index (κ2) is 18.8. The molecule has 1 aliphatic carbocycles. The van der Waals surface area contributed by atoms with Crippen LogP contribution in [0.25, 0.3) is 5.57 Å². The summed E-state index contributed by atoms with van der Waals surface area (Å²) in [5.74, 6) is 0. The number of benzene rings is 5. The SMILES string of the molecule is CO[PH+](OC)c1ccccc1.Cc1cc(C)c(N2[CH-]N(c3c(C)cc(C)cc3C)CC2)c(C)c1.[Cl][Ru]([Cl])=[C]1C=C(c2ccccc2)c2ccccc21. The minimum atomic E-state index is -1.88. The molecule has 1 heterocycles. The molecular formula is C44H49Cl2N2O2PRu. The Morgan fingerprint density at radius 3 is 1.46 bits per heavy atom. The summed E-state index contributed by atoms with van der Waals surface area (Å²) < 4.78 is 11.5. The van der Waals surface area contributed by atoms with Crippen molar-refractivity contribution in [1.29, 1.82) is 0 Å². The minimum absolute atomic E-state index is 1.04. The van der Waals surface area contributed by atoms with Crippen molar-refractivity contribution in [2.45, 2.75) is 41.5 Å². The van der Waals surface area contributed by atoms with Crippen molar-refractivity contribution < 1.29 is 22.6 Å². The van der Waals surface area contributed by atoms with Gasteiger partial charge in [0.25, 0.3) is 8.38 Å². The molecule has 0 bridgehead atoms. The molecule has 8 heteroatoms. The van der Waals surface area contributed by atoms with Gasteiger partial charge in [0.2, 0.25) is 0 Å². The predicted molar refractivity (Wildman–Crippen MR) is 224 cm³/mol. The van der Waals surface area contributed by atoms with Crippen molar-refractivity contribution in [1.82, 2.24) is 0 Å². The first-order chi connectivity index (χ1) is 25.0. The molecule has 52 heavy (non-hydrogen) atoms. The Balaban J connectivity index is 0.000000160. The number of anilines is 2. The van der Waals surface area contributed by atoms with Crippen LogP contribution < -0.4 is 15.1 Å². The van der Waals surface area contributed by atoms with Gasteiger partial charge in [-0.1, -0.05) is 53.6 Å². The van der Waals surface area contributed by atoms with Crippen molar-refractivity contribution in [2.75, 3.05) is 37.1 Å². The molecule has 0 atom stereocenters. The van der Waals surface area contributed by atoms with Crippen LogP contribution in [-0.2, 0) is 22.6 Å². The van der Waals surface area contributed by atoms with E-state index < -0.39 is 21.9 Å². The molecule has 0 N–H and O–H groups in total. The molecule has 0 aromatic heterocycles. The molecule has 4 nitrogen and oxygen atoms in total. The van der Waals surface area contributed by atoms with Gasteiger partial charge >= 0.3 is 120 Å². The predicted octanol–water partition coefficient (Wildman–Crippen LogP) is 11.2. The van der Waals surface area contributed by atoms with Crippen LogP contribution in [0.15, 0.2) is 115 Å². The Labute approximate surface area is 325 Å². The van der Waals surface area contributed by atoms with Gasteiger partial charge in [0.15, 0.2) is 5.30 Å². The number of aryl methyl sites for hydroxylation is 6. The van der Waals surface area contributed by atoms with Crippen LogP contribution in [-0.4, -0.2) is 31.4 Å². The quantitative estimate of drug-likeness (QED) is 0.0966. The third kappa shape index (κ3) is 9.69. The van der Waals surface area contributed by atoms with E-state index in [0.717, 1.165) is 22.5 Å². The number of halogens is 2. The average Bonchev–Trinajstić information content (AvgIpc) is 3.75. The summed E-state index contributed by atoms with van der Waals surface area (Å²) in [6.07, 6.45) is 2.15. The molecule has 0 saturated carbocycles. The maximum atomic E-state index is 6.19. The van der Waals surface area contributed by atoms with Gasteiger partial charge < -0.3 is 9.80 Å². The molecular weight excluding hydrogens is 791 g/mol. The number of allylic oxidation sites excluding steroid dienone is 1. The average molecular weight is 841 g/mol. The standard InChI is InChI=1S/C21H27N2.C15H10.C8H11O2P.2ClH.Ru/c1-14-9-16(3)20(17(4)10-14)22-7-8-23(13-22)21-18(5)11-15(2)12-19(21)6;1-2-6-12(7-3-1)15-11-10-13-8-4-5-9-14(13)15;1-9-11(10-2)8-6-4-3-5-7-8;;;/h9-13H,7-8H2,1-6H3;1-9,11H;3-7H,1-2H3;2*1H;/q-1;;;;;+2/p-1. The number of hydrogen-bond acceptors (Lipinski definition) is 4. The topological polar surface area (TPSA) is 24.9 Å². The van der Waals surface area contributed by atoms with E-state index in [-0.39, 0.29) is 0 Å². The van der Waals surface area contributed by atoms with Crippen molar-refractivity contribution in [3.63, 3.8) is 0 Å². The number of rotatable bonds is 6. The number of fused-ring (bicyclic) bond motifs is 1. The molecule has 1 aliphatic heterocycles. The zero-order chi connectivity index (χ0) is 37.4. The van der Waals surface area contributed by atoms with Gasteiger partial charge in [-0.3, -0.25) is 0 Å². The van der Waals surface area contributed by atoms with Gasteiger partial charge in [0.1, 0.15) is 0 Å². The second-order valence-corrected chi connectivity index (χ2v) is 20.8. The van der Waals surface area contributed by atoms with Crippen molar-refractivity contribution in [2.24, 2.45) is 0 Å². The molecule has 0 amide bonds. The van der Waals surface area contributed by atoms with Crippen LogP contribution in [0.2, 0.25) is 0 Å².